The van der Waals surface area contributed by atoms with Crippen molar-refractivity contribution in [2.24, 2.45) is 0 Å². The van der Waals surface area contributed by atoms with Gasteiger partial charge in [-0.25, -0.2) is 15.0 Å². The van der Waals surface area contributed by atoms with E-state index in [9.17, 15) is 0 Å². The number of methoxy groups -OCH3 is 1. The molecule has 10 heteroatoms. The molecule has 1 unspecified atom stereocenters. The number of thiazole rings is 1. The van der Waals surface area contributed by atoms with Crippen LogP contribution in [0.1, 0.15) is 42.5 Å². The number of aromatic nitrogens is 3. The van der Waals surface area contributed by atoms with Crippen LogP contribution in [0.2, 0.25) is 0 Å². The van der Waals surface area contributed by atoms with Crippen molar-refractivity contribution in [1.82, 2.24) is 19.9 Å². The second-order valence-corrected chi connectivity index (χ2v) is 10.6. The van der Waals surface area contributed by atoms with Crippen molar-refractivity contribution in [3.8, 4) is 22.1 Å². The van der Waals surface area contributed by atoms with Crippen LogP contribution in [-0.2, 0) is 6.42 Å². The molecular weight excluding hydrogens is 468 g/mol. The van der Waals surface area contributed by atoms with E-state index in [4.69, 9.17) is 25.9 Å². The third-order valence-electron chi connectivity index (χ3n) is 5.64. The van der Waals surface area contributed by atoms with Crippen molar-refractivity contribution in [3.05, 3.63) is 34.8 Å². The highest BCUT2D eigenvalue weighted by Crippen LogP contribution is 2.41. The predicted octanol–water partition coefficient (Wildman–Crippen LogP) is 4.66. The van der Waals surface area contributed by atoms with Gasteiger partial charge in [0.05, 0.1) is 18.1 Å². The first-order valence-corrected chi connectivity index (χ1v) is 13.3. The minimum atomic E-state index is 0.0539. The molecule has 4 N–H and O–H groups in total. The van der Waals surface area contributed by atoms with Crippen LogP contribution in [0.25, 0.3) is 10.6 Å². The van der Waals surface area contributed by atoms with Crippen molar-refractivity contribution in [2.45, 2.75) is 43.5 Å². The molecule has 0 radical (unpaired) electrons. The Bertz CT molecular complexity index is 1100. The average molecular weight is 501 g/mol. The highest BCUT2D eigenvalue weighted by atomic mass is 32.2. The van der Waals surface area contributed by atoms with Gasteiger partial charge in [0, 0.05) is 23.1 Å². The maximum Gasteiger partial charge on any atom is 0.192 e. The number of thioether (sulfide) groups is 1. The summed E-state index contributed by atoms with van der Waals surface area (Å²) in [5.41, 5.74) is 13.8. The summed E-state index contributed by atoms with van der Waals surface area (Å²) >= 11 is 3.24. The van der Waals surface area contributed by atoms with E-state index in [1.54, 1.807) is 24.5 Å². The lowest BCUT2D eigenvalue weighted by molar-refractivity contribution is 0.145. The third-order valence-corrected chi connectivity index (χ3v) is 7.79. The third kappa shape index (κ3) is 5.92. The Morgan fingerprint density at radius 2 is 1.88 bits per heavy atom. The van der Waals surface area contributed by atoms with Crippen LogP contribution in [0.5, 0.6) is 11.5 Å². The summed E-state index contributed by atoms with van der Waals surface area (Å²) in [4.78, 5) is 17.3. The summed E-state index contributed by atoms with van der Waals surface area (Å²) in [6, 6.07) is 7.59. The van der Waals surface area contributed by atoms with Crippen LogP contribution >= 0.6 is 23.1 Å². The van der Waals surface area contributed by atoms with Crippen LogP contribution < -0.4 is 20.9 Å². The van der Waals surface area contributed by atoms with E-state index in [1.165, 1.54) is 23.1 Å². The number of likely N-dealkylation sites (tertiary alicyclic amines) is 1. The Morgan fingerprint density at radius 1 is 1.12 bits per heavy atom. The van der Waals surface area contributed by atoms with Crippen LogP contribution in [0.15, 0.2) is 29.4 Å². The summed E-state index contributed by atoms with van der Waals surface area (Å²) in [5, 5.41) is 1.58. The molecule has 8 nitrogen and oxygen atoms in total. The molecule has 2 aromatic heterocycles. The molecule has 1 aromatic carbocycles. The fourth-order valence-electron chi connectivity index (χ4n) is 3.75. The lowest BCUT2D eigenvalue weighted by Gasteiger charge is -2.30. The number of anilines is 2. The first-order chi connectivity index (χ1) is 16.5. The van der Waals surface area contributed by atoms with Gasteiger partial charge in [-0.05, 0) is 51.1 Å². The van der Waals surface area contributed by atoms with Gasteiger partial charge in [0.15, 0.2) is 16.7 Å². The summed E-state index contributed by atoms with van der Waals surface area (Å²) < 4.78 is 11.6. The highest BCUT2D eigenvalue weighted by molar-refractivity contribution is 7.99. The zero-order valence-corrected chi connectivity index (χ0v) is 21.5. The quantitative estimate of drug-likeness (QED) is 0.287. The monoisotopic (exact) mass is 500 g/mol. The van der Waals surface area contributed by atoms with Crippen LogP contribution in [0, 0.1) is 0 Å². The minimum absolute atomic E-state index is 0.0539. The van der Waals surface area contributed by atoms with Gasteiger partial charge in [-0.3, -0.25) is 4.90 Å². The molecule has 0 bridgehead atoms. The molecule has 3 heterocycles. The maximum absolute atomic E-state index is 6.10. The predicted molar refractivity (Wildman–Crippen MR) is 140 cm³/mol. The van der Waals surface area contributed by atoms with E-state index >= 15 is 0 Å². The van der Waals surface area contributed by atoms with Crippen molar-refractivity contribution >= 4 is 34.7 Å². The van der Waals surface area contributed by atoms with Crippen LogP contribution in [0.3, 0.4) is 0 Å². The SMILES string of the molecule is CCCc1sc(-c2ccc(OC)c(OCCN3CCC3)c2)nc1C(C)Sc1nc(N)cc(N)n1. The largest absolute Gasteiger partial charge is 0.493 e. The lowest BCUT2D eigenvalue weighted by atomic mass is 10.2. The van der Waals surface area contributed by atoms with Gasteiger partial charge in [0.1, 0.15) is 23.3 Å². The van der Waals surface area contributed by atoms with Crippen molar-refractivity contribution < 1.29 is 9.47 Å². The molecule has 182 valence electrons. The molecule has 0 saturated carbocycles. The van der Waals surface area contributed by atoms with Crippen LogP contribution in [-0.4, -0.2) is 53.2 Å². The second kappa shape index (κ2) is 11.2. The maximum atomic E-state index is 6.10. The molecule has 3 aromatic rings. The number of aryl methyl sites for hydroxylation is 1. The zero-order valence-electron chi connectivity index (χ0n) is 19.9. The normalized spacial score (nSPS) is 14.6. The first kappa shape index (κ1) is 24.6. The summed E-state index contributed by atoms with van der Waals surface area (Å²) in [7, 11) is 1.67. The fraction of sp³-hybridized carbons (Fsp3) is 0.458. The van der Waals surface area contributed by atoms with Crippen molar-refractivity contribution in [2.75, 3.05) is 44.8 Å². The molecule has 0 aliphatic carbocycles. The molecular formula is C24H32N6O2S2. The Balaban J connectivity index is 1.56. The molecule has 1 aliphatic rings. The number of hydrogen-bond donors (Lipinski definition) is 2. The topological polar surface area (TPSA) is 112 Å². The average Bonchev–Trinajstić information content (AvgIpc) is 3.19. The van der Waals surface area contributed by atoms with E-state index in [2.05, 4.69) is 28.7 Å². The number of nitrogens with two attached hydrogens (primary N) is 2. The van der Waals surface area contributed by atoms with E-state index in [-0.39, 0.29) is 5.25 Å². The number of hydrogen-bond acceptors (Lipinski definition) is 10. The smallest absolute Gasteiger partial charge is 0.192 e. The molecule has 0 spiro atoms. The molecule has 1 atom stereocenters. The van der Waals surface area contributed by atoms with Gasteiger partial charge in [-0.2, -0.15) is 0 Å². The second-order valence-electron chi connectivity index (χ2n) is 8.25. The standard InChI is InChI=1S/C24H32N6O2S2/c1-4-6-19-22(15(2)33-24-27-20(25)14-21(26)28-24)29-23(34-19)16-7-8-17(31-3)18(13-16)32-12-11-30-9-5-10-30/h7-8,13-15H,4-6,9-12H2,1-3H3,(H4,25,26,27,28). The first-order valence-electron chi connectivity index (χ1n) is 11.6. The summed E-state index contributed by atoms with van der Waals surface area (Å²) in [6.07, 6.45) is 3.29. The van der Waals surface area contributed by atoms with Crippen LogP contribution in [0.4, 0.5) is 11.6 Å². The number of ether oxygens (including phenoxy) is 2. The van der Waals surface area contributed by atoms with E-state index < -0.39 is 0 Å². The Kier molecular flexibility index (Phi) is 8.12. The molecule has 1 saturated heterocycles. The molecule has 4 rings (SSSR count). The summed E-state index contributed by atoms with van der Waals surface area (Å²) in [6.45, 7) is 8.18. The zero-order chi connectivity index (χ0) is 24.1. The van der Waals surface area contributed by atoms with Gasteiger partial charge in [-0.15, -0.1) is 11.3 Å². The molecule has 34 heavy (non-hydrogen) atoms. The minimum Gasteiger partial charge on any atom is -0.493 e. The number of nitrogen functional groups attached to an aromatic ring is 2. The van der Waals surface area contributed by atoms with Gasteiger partial charge < -0.3 is 20.9 Å². The number of nitrogens with zero attached hydrogens (tertiary/aromatic N) is 4. The molecule has 1 fully saturated rings. The number of rotatable bonds is 11. The van der Waals surface area contributed by atoms with Crippen molar-refractivity contribution in [3.63, 3.8) is 0 Å². The molecule has 0 amide bonds. The van der Waals surface area contributed by atoms with Gasteiger partial charge in [0.25, 0.3) is 0 Å². The Morgan fingerprint density at radius 3 is 2.53 bits per heavy atom. The summed E-state index contributed by atoms with van der Waals surface area (Å²) in [5.74, 6) is 2.23. The van der Waals surface area contributed by atoms with E-state index in [1.807, 2.05) is 18.2 Å². The van der Waals surface area contributed by atoms with Gasteiger partial charge in [0.2, 0.25) is 0 Å². The van der Waals surface area contributed by atoms with Gasteiger partial charge in [-0.1, -0.05) is 25.1 Å². The number of benzene rings is 1. The van der Waals surface area contributed by atoms with E-state index in [0.717, 1.165) is 60.2 Å². The highest BCUT2D eigenvalue weighted by Gasteiger charge is 2.21. The van der Waals surface area contributed by atoms with Crippen molar-refractivity contribution in [1.29, 1.82) is 0 Å². The Hall–Kier alpha value is -2.56. The molecule has 1 aliphatic heterocycles. The lowest BCUT2D eigenvalue weighted by Crippen LogP contribution is -2.39. The Labute approximate surface area is 209 Å². The van der Waals surface area contributed by atoms with Gasteiger partial charge >= 0.3 is 0 Å². The fourth-order valence-corrected chi connectivity index (χ4v) is 6.02. The van der Waals surface area contributed by atoms with E-state index in [0.29, 0.717) is 23.4 Å².